The molecule has 0 bridgehead atoms. The van der Waals surface area contributed by atoms with E-state index in [0.717, 1.165) is 4.57 Å². The number of pyridine rings is 1. The van der Waals surface area contributed by atoms with Gasteiger partial charge in [-0.15, -0.1) is 0 Å². The third-order valence-corrected chi connectivity index (χ3v) is 2.76. The van der Waals surface area contributed by atoms with Crippen LogP contribution in [0.5, 0.6) is 0 Å². The Morgan fingerprint density at radius 2 is 1.95 bits per heavy atom. The third kappa shape index (κ3) is 2.85. The van der Waals surface area contributed by atoms with Gasteiger partial charge in [0.25, 0.3) is 0 Å². The molecule has 0 aliphatic carbocycles. The molecule has 3 N–H and O–H groups in total. The van der Waals surface area contributed by atoms with Crippen molar-refractivity contribution in [2.24, 2.45) is 14.1 Å². The van der Waals surface area contributed by atoms with Crippen LogP contribution in [0, 0.1) is 0 Å². The second-order valence-electron chi connectivity index (χ2n) is 4.01. The predicted octanol–water partition coefficient (Wildman–Crippen LogP) is -5.10. The quantitative estimate of drug-likeness (QED) is 0.535. The molecule has 0 saturated heterocycles. The number of anilines is 1. The van der Waals surface area contributed by atoms with Crippen LogP contribution in [0.25, 0.3) is 0 Å². The lowest BCUT2D eigenvalue weighted by Gasteiger charge is -2.04. The molecule has 7 nitrogen and oxygen atoms in total. The molecule has 8 heteroatoms. The van der Waals surface area contributed by atoms with Crippen LogP contribution < -0.4 is 39.0 Å². The first-order valence-corrected chi connectivity index (χ1v) is 5.58. The fourth-order valence-electron chi connectivity index (χ4n) is 1.60. The van der Waals surface area contributed by atoms with Gasteiger partial charge >= 0.3 is 16.9 Å². The molecule has 0 aromatic carbocycles. The highest BCUT2D eigenvalue weighted by atomic mass is 79.9. The van der Waals surface area contributed by atoms with Gasteiger partial charge in [0.05, 0.1) is 0 Å². The maximum atomic E-state index is 12.0. The molecule has 0 amide bonds. The number of nitrogens with zero attached hydrogens (tertiary/aromatic N) is 3. The Kier molecular flexibility index (Phi) is 4.98. The van der Waals surface area contributed by atoms with Gasteiger partial charge in [-0.05, 0) is 12.1 Å². The summed E-state index contributed by atoms with van der Waals surface area (Å²) in [7, 11) is 2.90. The summed E-state index contributed by atoms with van der Waals surface area (Å²) >= 11 is 0. The summed E-state index contributed by atoms with van der Waals surface area (Å²) in [6.07, 6.45) is 3.19. The summed E-state index contributed by atoms with van der Waals surface area (Å²) < 4.78 is 2.20. The highest BCUT2D eigenvalue weighted by molar-refractivity contribution is 5.73. The van der Waals surface area contributed by atoms with Crippen molar-refractivity contribution in [1.82, 2.24) is 14.1 Å². The summed E-state index contributed by atoms with van der Waals surface area (Å²) in [6.45, 7) is 0. The molecule has 0 radical (unpaired) electrons. The van der Waals surface area contributed by atoms with E-state index in [9.17, 15) is 9.59 Å². The number of hydrogen-bond acceptors (Lipinski definition) is 4. The fourth-order valence-corrected chi connectivity index (χ4v) is 1.60. The van der Waals surface area contributed by atoms with Crippen LogP contribution in [0.3, 0.4) is 0 Å². The summed E-state index contributed by atoms with van der Waals surface area (Å²) in [5, 5.41) is 0. The van der Waals surface area contributed by atoms with E-state index in [1.807, 2.05) is 6.07 Å². The Hall–Kier alpha value is -2.22. The molecule has 0 atom stereocenters. The summed E-state index contributed by atoms with van der Waals surface area (Å²) in [6, 6.07) is 5.38. The number of hydrogen-bond donors (Lipinski definition) is 2. The van der Waals surface area contributed by atoms with E-state index < -0.39 is 11.2 Å². The number of nitrogen functional groups attached to an aromatic ring is 1. The highest BCUT2D eigenvalue weighted by Gasteiger charge is 2.16. The van der Waals surface area contributed by atoms with E-state index in [4.69, 9.17) is 5.73 Å². The van der Waals surface area contributed by atoms with E-state index in [1.165, 1.54) is 18.7 Å². The van der Waals surface area contributed by atoms with Gasteiger partial charge < -0.3 is 22.7 Å². The van der Waals surface area contributed by atoms with Gasteiger partial charge in [-0.25, -0.2) is 9.79 Å². The Balaban J connectivity index is 0.00000200. The van der Waals surface area contributed by atoms with Crippen molar-refractivity contribution in [3.05, 3.63) is 50.9 Å². The van der Waals surface area contributed by atoms with E-state index >= 15 is 0 Å². The first-order chi connectivity index (χ1) is 9.02. The second kappa shape index (κ2) is 6.29. The van der Waals surface area contributed by atoms with Crippen molar-refractivity contribution in [2.45, 2.75) is 0 Å². The van der Waals surface area contributed by atoms with E-state index in [1.54, 1.807) is 24.5 Å². The number of aromatic nitrogens is 3. The zero-order valence-corrected chi connectivity index (χ0v) is 12.6. The standard InChI is InChI=1S/C12H13N5O2.BrH/c1-16-10(13)9(11(18)17(2)12(16)19)15-7-8-5-3-4-6-14-8;/h3-7H,13H2,1-2H3;1H. The van der Waals surface area contributed by atoms with Gasteiger partial charge in [-0.3, -0.25) is 18.9 Å². The van der Waals surface area contributed by atoms with Crippen molar-refractivity contribution >= 4 is 17.7 Å². The van der Waals surface area contributed by atoms with Crippen molar-refractivity contribution in [2.75, 3.05) is 5.73 Å². The molecule has 0 unspecified atom stereocenters. The van der Waals surface area contributed by atoms with Crippen molar-refractivity contribution in [3.63, 3.8) is 0 Å². The zero-order valence-electron chi connectivity index (χ0n) is 11.0. The molecule has 2 rings (SSSR count). The van der Waals surface area contributed by atoms with Crippen LogP contribution in [0.2, 0.25) is 0 Å². The van der Waals surface area contributed by atoms with Gasteiger partial charge in [0.1, 0.15) is 5.69 Å². The largest absolute Gasteiger partial charge is 1.00 e. The number of halogens is 1. The smallest absolute Gasteiger partial charge is 0.332 e. The van der Waals surface area contributed by atoms with E-state index in [-0.39, 0.29) is 28.5 Å². The first-order valence-electron chi connectivity index (χ1n) is 5.58. The lowest BCUT2D eigenvalue weighted by molar-refractivity contribution is -0.348. The normalized spacial score (nSPS) is 10.5. The minimum Gasteiger partial charge on any atom is -1.00 e. The number of rotatable bonds is 2. The minimum atomic E-state index is -0.479. The molecular formula is C12H14BrN5O2. The van der Waals surface area contributed by atoms with Gasteiger partial charge in [0.15, 0.2) is 12.0 Å². The topological polar surface area (TPSA) is 96.9 Å². The van der Waals surface area contributed by atoms with Gasteiger partial charge in [0, 0.05) is 20.3 Å². The van der Waals surface area contributed by atoms with Crippen LogP contribution in [-0.2, 0) is 14.1 Å². The van der Waals surface area contributed by atoms with E-state index in [2.05, 4.69) is 9.98 Å². The van der Waals surface area contributed by atoms with Crippen molar-refractivity contribution in [1.29, 1.82) is 0 Å². The predicted molar refractivity (Wildman–Crippen MR) is 71.4 cm³/mol. The van der Waals surface area contributed by atoms with Gasteiger partial charge in [0.2, 0.25) is 0 Å². The molecule has 0 fully saturated rings. The van der Waals surface area contributed by atoms with Crippen LogP contribution in [0.1, 0.15) is 5.69 Å². The molecule has 0 aliphatic heterocycles. The summed E-state index contributed by atoms with van der Waals surface area (Å²) in [5.74, 6) is 0.0836. The SMILES string of the molecule is Cn1c(N)c([NH+]=Cc2ccccn2)c(=O)n(C)c1=O.[Br-]. The average molecular weight is 340 g/mol. The van der Waals surface area contributed by atoms with Gasteiger partial charge in [-0.1, -0.05) is 6.07 Å². The highest BCUT2D eigenvalue weighted by Crippen LogP contribution is 2.00. The lowest BCUT2D eigenvalue weighted by Crippen LogP contribution is -3.00. The Morgan fingerprint density at radius 3 is 2.55 bits per heavy atom. The van der Waals surface area contributed by atoms with Crippen LogP contribution in [0.4, 0.5) is 11.5 Å². The lowest BCUT2D eigenvalue weighted by atomic mass is 10.4. The van der Waals surface area contributed by atoms with Crippen LogP contribution in [-0.4, -0.2) is 20.3 Å². The molecule has 0 aliphatic rings. The number of nitrogens with two attached hydrogens (primary N) is 1. The molecule has 2 heterocycles. The molecule has 2 aromatic rings. The monoisotopic (exact) mass is 339 g/mol. The maximum Gasteiger partial charge on any atom is 0.332 e. The maximum absolute atomic E-state index is 12.0. The second-order valence-corrected chi connectivity index (χ2v) is 4.01. The van der Waals surface area contributed by atoms with Crippen LogP contribution >= 0.6 is 0 Å². The molecule has 106 valence electrons. The summed E-state index contributed by atoms with van der Waals surface area (Å²) in [5.41, 5.74) is 5.62. The van der Waals surface area contributed by atoms with Gasteiger partial charge in [-0.2, -0.15) is 0 Å². The third-order valence-electron chi connectivity index (χ3n) is 2.76. The summed E-state index contributed by atoms with van der Waals surface area (Å²) in [4.78, 5) is 30.5. The average Bonchev–Trinajstić information content (AvgIpc) is 2.44. The zero-order chi connectivity index (χ0) is 14.0. The minimum absolute atomic E-state index is 0. The van der Waals surface area contributed by atoms with Crippen molar-refractivity contribution < 1.29 is 22.0 Å². The Labute approximate surface area is 125 Å². The van der Waals surface area contributed by atoms with Crippen LogP contribution in [0.15, 0.2) is 34.0 Å². The van der Waals surface area contributed by atoms with E-state index in [0.29, 0.717) is 5.69 Å². The first kappa shape index (κ1) is 15.8. The molecule has 20 heavy (non-hydrogen) atoms. The number of nitrogens with one attached hydrogen (secondary N) is 1. The molecule has 0 saturated carbocycles. The molecular weight excluding hydrogens is 326 g/mol. The Bertz CT molecular complexity index is 749. The van der Waals surface area contributed by atoms with Crippen molar-refractivity contribution in [3.8, 4) is 0 Å². The molecule has 0 spiro atoms. The Morgan fingerprint density at radius 1 is 1.25 bits per heavy atom. The molecule has 2 aromatic heterocycles. The fraction of sp³-hybridized carbons (Fsp3) is 0.167.